The maximum absolute atomic E-state index is 11.1. The van der Waals surface area contributed by atoms with Gasteiger partial charge in [0, 0.05) is 31.4 Å². The molecule has 2 N–H and O–H groups in total. The Labute approximate surface area is 101 Å². The second kappa shape index (κ2) is 5.19. The minimum absolute atomic E-state index is 0.307. The van der Waals surface area contributed by atoms with Crippen molar-refractivity contribution < 1.29 is 9.90 Å². The summed E-state index contributed by atoms with van der Waals surface area (Å²) in [5, 5.41) is 12.4. The smallest absolute Gasteiger partial charge is 0.309 e. The minimum Gasteiger partial charge on any atom is -0.481 e. The molecule has 17 heavy (non-hydrogen) atoms. The lowest BCUT2D eigenvalue weighted by Gasteiger charge is -2.30. The molecule has 0 amide bonds. The quantitative estimate of drug-likeness (QED) is 0.807. The Morgan fingerprint density at radius 1 is 1.35 bits per heavy atom. The maximum atomic E-state index is 11.1. The first kappa shape index (κ1) is 11.9. The average molecular weight is 234 g/mol. The van der Waals surface area contributed by atoms with E-state index in [0.717, 1.165) is 12.2 Å². The van der Waals surface area contributed by atoms with Gasteiger partial charge in [-0.3, -0.25) is 4.79 Å². The highest BCUT2D eigenvalue weighted by Gasteiger charge is 2.27. The molecule has 4 heteroatoms. The maximum Gasteiger partial charge on any atom is 0.309 e. The van der Waals surface area contributed by atoms with Gasteiger partial charge in [-0.25, -0.2) is 0 Å². The van der Waals surface area contributed by atoms with E-state index in [2.05, 4.69) is 17.1 Å². The zero-order valence-electron chi connectivity index (χ0n) is 9.97. The van der Waals surface area contributed by atoms with E-state index in [1.807, 2.05) is 30.3 Å². The number of hydrogen-bond acceptors (Lipinski definition) is 3. The molecule has 0 aliphatic carbocycles. The van der Waals surface area contributed by atoms with Crippen molar-refractivity contribution in [3.63, 3.8) is 0 Å². The third-order valence-electron chi connectivity index (χ3n) is 3.22. The normalized spacial score (nSPS) is 25.4. The van der Waals surface area contributed by atoms with Crippen LogP contribution in [0.2, 0.25) is 0 Å². The predicted molar refractivity (Wildman–Crippen MR) is 67.2 cm³/mol. The van der Waals surface area contributed by atoms with E-state index >= 15 is 0 Å². The minimum atomic E-state index is -0.729. The van der Waals surface area contributed by atoms with Gasteiger partial charge in [0.1, 0.15) is 0 Å². The summed E-state index contributed by atoms with van der Waals surface area (Å²) in [4.78, 5) is 13.3. The molecule has 1 heterocycles. The highest BCUT2D eigenvalue weighted by molar-refractivity contribution is 5.71. The topological polar surface area (TPSA) is 52.6 Å². The SMILES string of the molecule is CC1CNCC(C(=O)O)CN1c1ccccc1. The molecule has 1 aliphatic heterocycles. The summed E-state index contributed by atoms with van der Waals surface area (Å²) in [5.74, 6) is -1.08. The Morgan fingerprint density at radius 3 is 2.71 bits per heavy atom. The summed E-state index contributed by atoms with van der Waals surface area (Å²) in [6.45, 7) is 4.04. The number of para-hydroxylation sites is 1. The first-order valence-corrected chi connectivity index (χ1v) is 5.93. The molecule has 0 aromatic heterocycles. The van der Waals surface area contributed by atoms with Gasteiger partial charge in [0.2, 0.25) is 0 Å². The zero-order chi connectivity index (χ0) is 12.3. The van der Waals surface area contributed by atoms with Crippen LogP contribution in [0.25, 0.3) is 0 Å². The number of aliphatic carboxylic acids is 1. The summed E-state index contributed by atoms with van der Waals surface area (Å²) in [6.07, 6.45) is 0. The lowest BCUT2D eigenvalue weighted by atomic mass is 10.1. The molecule has 0 bridgehead atoms. The molecule has 1 saturated heterocycles. The average Bonchev–Trinajstić information content (AvgIpc) is 2.52. The van der Waals surface area contributed by atoms with E-state index in [4.69, 9.17) is 5.11 Å². The first-order valence-electron chi connectivity index (χ1n) is 5.93. The predicted octanol–water partition coefficient (Wildman–Crippen LogP) is 1.19. The number of carbonyl (C=O) groups is 1. The van der Waals surface area contributed by atoms with Crippen LogP contribution in [0.3, 0.4) is 0 Å². The number of anilines is 1. The molecule has 0 saturated carbocycles. The fourth-order valence-corrected chi connectivity index (χ4v) is 2.20. The van der Waals surface area contributed by atoms with Crippen LogP contribution in [0, 0.1) is 5.92 Å². The van der Waals surface area contributed by atoms with Gasteiger partial charge in [-0.15, -0.1) is 0 Å². The molecule has 92 valence electrons. The van der Waals surface area contributed by atoms with Crippen LogP contribution in [0.5, 0.6) is 0 Å². The third-order valence-corrected chi connectivity index (χ3v) is 3.22. The van der Waals surface area contributed by atoms with E-state index in [9.17, 15) is 4.79 Å². The van der Waals surface area contributed by atoms with Crippen LogP contribution in [0.15, 0.2) is 30.3 Å². The Morgan fingerprint density at radius 2 is 2.06 bits per heavy atom. The van der Waals surface area contributed by atoms with Crippen molar-refractivity contribution in [3.8, 4) is 0 Å². The van der Waals surface area contributed by atoms with Crippen molar-refractivity contribution in [1.29, 1.82) is 0 Å². The summed E-state index contributed by atoms with van der Waals surface area (Å²) in [6, 6.07) is 10.3. The Bertz CT molecular complexity index is 380. The summed E-state index contributed by atoms with van der Waals surface area (Å²) in [5.41, 5.74) is 1.09. The molecule has 1 aliphatic rings. The van der Waals surface area contributed by atoms with Gasteiger partial charge in [-0.05, 0) is 19.1 Å². The van der Waals surface area contributed by atoms with Crippen molar-refractivity contribution >= 4 is 11.7 Å². The van der Waals surface area contributed by atoms with Crippen LogP contribution >= 0.6 is 0 Å². The summed E-state index contributed by atoms with van der Waals surface area (Å²) in [7, 11) is 0. The van der Waals surface area contributed by atoms with Crippen LogP contribution in [0.1, 0.15) is 6.92 Å². The molecule has 1 aromatic rings. The number of nitrogens with one attached hydrogen (secondary N) is 1. The van der Waals surface area contributed by atoms with E-state index in [1.165, 1.54) is 0 Å². The van der Waals surface area contributed by atoms with Gasteiger partial charge in [0.15, 0.2) is 0 Å². The standard InChI is InChI=1S/C13H18N2O2/c1-10-7-14-8-11(13(16)17)9-15(10)12-5-3-2-4-6-12/h2-6,10-11,14H,7-9H2,1H3,(H,16,17). The lowest BCUT2D eigenvalue weighted by molar-refractivity contribution is -0.141. The third kappa shape index (κ3) is 2.77. The number of nitrogens with zero attached hydrogens (tertiary/aromatic N) is 1. The fraction of sp³-hybridized carbons (Fsp3) is 0.462. The number of carboxylic acids is 1. The molecule has 1 fully saturated rings. The van der Waals surface area contributed by atoms with Gasteiger partial charge in [0.05, 0.1) is 5.92 Å². The van der Waals surface area contributed by atoms with Gasteiger partial charge >= 0.3 is 5.97 Å². The fourth-order valence-electron chi connectivity index (χ4n) is 2.20. The molecule has 0 radical (unpaired) electrons. The highest BCUT2D eigenvalue weighted by atomic mass is 16.4. The molecule has 2 unspecified atom stereocenters. The second-order valence-electron chi connectivity index (χ2n) is 4.53. The molecule has 1 aromatic carbocycles. The summed E-state index contributed by atoms with van der Waals surface area (Å²) >= 11 is 0. The van der Waals surface area contributed by atoms with Gasteiger partial charge in [-0.1, -0.05) is 18.2 Å². The van der Waals surface area contributed by atoms with Crippen molar-refractivity contribution in [2.75, 3.05) is 24.5 Å². The molecular formula is C13H18N2O2. The highest BCUT2D eigenvalue weighted by Crippen LogP contribution is 2.19. The largest absolute Gasteiger partial charge is 0.481 e. The zero-order valence-corrected chi connectivity index (χ0v) is 9.97. The van der Waals surface area contributed by atoms with Gasteiger partial charge in [-0.2, -0.15) is 0 Å². The van der Waals surface area contributed by atoms with Crippen LogP contribution < -0.4 is 10.2 Å². The second-order valence-corrected chi connectivity index (χ2v) is 4.53. The number of rotatable bonds is 2. The Balaban J connectivity index is 2.20. The van der Waals surface area contributed by atoms with Crippen LogP contribution in [-0.4, -0.2) is 36.8 Å². The van der Waals surface area contributed by atoms with Gasteiger partial charge in [0.25, 0.3) is 0 Å². The molecule has 4 nitrogen and oxygen atoms in total. The Kier molecular flexibility index (Phi) is 3.64. The van der Waals surface area contributed by atoms with Gasteiger partial charge < -0.3 is 15.3 Å². The molecule has 2 atom stereocenters. The van der Waals surface area contributed by atoms with E-state index < -0.39 is 5.97 Å². The Hall–Kier alpha value is -1.55. The van der Waals surface area contributed by atoms with Crippen LogP contribution in [-0.2, 0) is 4.79 Å². The number of hydrogen-bond donors (Lipinski definition) is 2. The van der Waals surface area contributed by atoms with Crippen molar-refractivity contribution in [3.05, 3.63) is 30.3 Å². The van der Waals surface area contributed by atoms with E-state index in [-0.39, 0.29) is 5.92 Å². The van der Waals surface area contributed by atoms with Crippen LogP contribution in [0.4, 0.5) is 5.69 Å². The van der Waals surface area contributed by atoms with E-state index in [0.29, 0.717) is 19.1 Å². The van der Waals surface area contributed by atoms with E-state index in [1.54, 1.807) is 0 Å². The van der Waals surface area contributed by atoms with Crippen molar-refractivity contribution in [2.45, 2.75) is 13.0 Å². The molecule has 2 rings (SSSR count). The lowest BCUT2D eigenvalue weighted by Crippen LogP contribution is -2.39. The number of benzene rings is 1. The number of carboxylic acid groups (broad SMARTS) is 1. The summed E-state index contributed by atoms with van der Waals surface area (Å²) < 4.78 is 0. The monoisotopic (exact) mass is 234 g/mol. The first-order chi connectivity index (χ1) is 8.18. The van der Waals surface area contributed by atoms with Crippen molar-refractivity contribution in [1.82, 2.24) is 5.32 Å². The molecular weight excluding hydrogens is 216 g/mol. The molecule has 0 spiro atoms. The van der Waals surface area contributed by atoms with Crippen molar-refractivity contribution in [2.24, 2.45) is 5.92 Å².